The second-order valence-corrected chi connectivity index (χ2v) is 8.58. The van der Waals surface area contributed by atoms with Crippen LogP contribution in [0.3, 0.4) is 0 Å². The molecule has 0 bridgehead atoms. The maximum atomic E-state index is 11.9. The number of fused-ring (bicyclic) bond motifs is 2. The number of hydrogen-bond donors (Lipinski definition) is 2. The average molecular weight is 423 g/mol. The number of carboxylic acid groups (broad SMARTS) is 1. The number of benzene rings is 4. The van der Waals surface area contributed by atoms with E-state index in [1.54, 1.807) is 0 Å². The summed E-state index contributed by atoms with van der Waals surface area (Å²) in [5.41, 5.74) is 4.82. The molecule has 2 N–H and O–H groups in total. The Kier molecular flexibility index (Phi) is 5.06. The zero-order valence-corrected chi connectivity index (χ0v) is 18.1. The van der Waals surface area contributed by atoms with E-state index in [-0.39, 0.29) is 0 Å². The van der Waals surface area contributed by atoms with E-state index in [4.69, 9.17) is 0 Å². The van der Waals surface area contributed by atoms with Crippen molar-refractivity contribution in [2.24, 2.45) is 0 Å². The topological polar surface area (TPSA) is 52.6 Å². The number of anilines is 1. The molecule has 0 fully saturated rings. The van der Waals surface area contributed by atoms with E-state index in [0.717, 1.165) is 41.4 Å². The minimum Gasteiger partial charge on any atom is -0.465 e. The fourth-order valence-electron chi connectivity index (χ4n) is 4.92. The quantitative estimate of drug-likeness (QED) is 0.419. The average Bonchev–Trinajstić information content (AvgIpc) is 3.21. The van der Waals surface area contributed by atoms with E-state index < -0.39 is 11.6 Å². The van der Waals surface area contributed by atoms with Crippen LogP contribution in [0, 0.1) is 0 Å². The predicted octanol–water partition coefficient (Wildman–Crippen LogP) is 5.93. The van der Waals surface area contributed by atoms with Crippen molar-refractivity contribution >= 4 is 22.6 Å². The molecular weight excluding hydrogens is 396 g/mol. The van der Waals surface area contributed by atoms with Crippen LogP contribution in [0.2, 0.25) is 0 Å². The van der Waals surface area contributed by atoms with Crippen LogP contribution in [0.15, 0.2) is 91.0 Å². The van der Waals surface area contributed by atoms with Crippen molar-refractivity contribution in [3.63, 3.8) is 0 Å². The molecule has 4 aromatic rings. The Bertz CT molecular complexity index is 1280. The first-order chi connectivity index (χ1) is 15.5. The van der Waals surface area contributed by atoms with Gasteiger partial charge in [0.25, 0.3) is 0 Å². The van der Waals surface area contributed by atoms with Gasteiger partial charge in [-0.2, -0.15) is 0 Å². The molecule has 0 radical (unpaired) electrons. The van der Waals surface area contributed by atoms with Crippen LogP contribution < -0.4 is 10.2 Å². The number of carbonyl (C=O) groups is 1. The van der Waals surface area contributed by atoms with E-state index in [1.165, 1.54) is 16.8 Å². The number of nitrogens with one attached hydrogen (secondary N) is 1. The third-order valence-electron chi connectivity index (χ3n) is 6.55. The van der Waals surface area contributed by atoms with Crippen molar-refractivity contribution in [3.05, 3.63) is 113 Å². The molecule has 1 aliphatic rings. The second kappa shape index (κ2) is 8.04. The molecular formula is C28H26N2O2. The number of nitrogens with zero attached hydrogens (tertiary/aromatic N) is 1. The highest BCUT2D eigenvalue weighted by Gasteiger charge is 2.34. The van der Waals surface area contributed by atoms with Crippen LogP contribution in [-0.2, 0) is 18.5 Å². The van der Waals surface area contributed by atoms with Gasteiger partial charge < -0.3 is 15.3 Å². The molecule has 0 saturated heterocycles. The van der Waals surface area contributed by atoms with Crippen LogP contribution >= 0.6 is 0 Å². The molecule has 1 aliphatic heterocycles. The van der Waals surface area contributed by atoms with Gasteiger partial charge in [-0.15, -0.1) is 0 Å². The molecule has 0 saturated carbocycles. The minimum absolute atomic E-state index is 0.866. The van der Waals surface area contributed by atoms with Gasteiger partial charge in [-0.1, -0.05) is 84.9 Å². The number of rotatable bonds is 5. The van der Waals surface area contributed by atoms with Crippen molar-refractivity contribution in [1.82, 2.24) is 5.32 Å². The maximum absolute atomic E-state index is 11.9. The van der Waals surface area contributed by atoms with E-state index in [0.29, 0.717) is 0 Å². The van der Waals surface area contributed by atoms with Gasteiger partial charge in [0, 0.05) is 18.8 Å². The molecule has 4 nitrogen and oxygen atoms in total. The summed E-state index contributed by atoms with van der Waals surface area (Å²) in [6.07, 6.45) is -0.0825. The van der Waals surface area contributed by atoms with Gasteiger partial charge in [0.2, 0.25) is 0 Å². The van der Waals surface area contributed by atoms with Gasteiger partial charge >= 0.3 is 6.09 Å². The Morgan fingerprint density at radius 2 is 1.72 bits per heavy atom. The molecule has 1 heterocycles. The summed E-state index contributed by atoms with van der Waals surface area (Å²) in [6.45, 7) is 3.80. The normalized spacial score (nSPS) is 14.7. The third kappa shape index (κ3) is 3.58. The summed E-state index contributed by atoms with van der Waals surface area (Å²) in [6, 6.07) is 31.1. The van der Waals surface area contributed by atoms with Crippen molar-refractivity contribution in [2.75, 3.05) is 11.4 Å². The Hall–Kier alpha value is -3.79. The highest BCUT2D eigenvalue weighted by molar-refractivity contribution is 5.88. The summed E-state index contributed by atoms with van der Waals surface area (Å²) in [7, 11) is 0. The molecule has 0 spiro atoms. The lowest BCUT2D eigenvalue weighted by Crippen LogP contribution is -2.44. The molecule has 0 aromatic heterocycles. The van der Waals surface area contributed by atoms with Crippen molar-refractivity contribution in [3.8, 4) is 0 Å². The zero-order valence-electron chi connectivity index (χ0n) is 18.1. The second-order valence-electron chi connectivity index (χ2n) is 8.58. The number of hydrogen-bond acceptors (Lipinski definition) is 2. The molecule has 4 heteroatoms. The summed E-state index contributed by atoms with van der Waals surface area (Å²) >= 11 is 0. The maximum Gasteiger partial charge on any atom is 0.405 e. The van der Waals surface area contributed by atoms with Crippen LogP contribution in [0.4, 0.5) is 10.5 Å². The lowest BCUT2D eigenvalue weighted by Gasteiger charge is -2.32. The van der Waals surface area contributed by atoms with E-state index in [9.17, 15) is 9.90 Å². The summed E-state index contributed by atoms with van der Waals surface area (Å²) in [4.78, 5) is 14.3. The minimum atomic E-state index is -1.04. The van der Waals surface area contributed by atoms with Gasteiger partial charge in [0.15, 0.2) is 0 Å². The molecule has 1 unspecified atom stereocenters. The highest BCUT2D eigenvalue weighted by Crippen LogP contribution is 2.38. The molecule has 1 atom stereocenters. The molecule has 160 valence electrons. The van der Waals surface area contributed by atoms with Crippen LogP contribution in [0.5, 0.6) is 0 Å². The SMILES string of the molecule is CC(NC(=O)O)(c1ccc2c(c1)CCN2Cc1ccccc1)c1cccc2ccccc12. The highest BCUT2D eigenvalue weighted by atomic mass is 16.4. The molecule has 32 heavy (non-hydrogen) atoms. The molecule has 1 amide bonds. The van der Waals surface area contributed by atoms with Gasteiger partial charge in [-0.3, -0.25) is 0 Å². The standard InChI is InChI=1S/C28H26N2O2/c1-28(29-27(31)32,25-13-7-11-21-10-5-6-12-24(21)25)23-14-15-26-22(18-23)16-17-30(26)19-20-8-3-2-4-9-20/h2-15,18,29H,16-17,19H2,1H3,(H,31,32). The molecule has 5 rings (SSSR count). The Balaban J connectivity index is 1.56. The van der Waals surface area contributed by atoms with E-state index >= 15 is 0 Å². The van der Waals surface area contributed by atoms with Crippen LogP contribution in [0.25, 0.3) is 10.8 Å². The summed E-state index contributed by atoms with van der Waals surface area (Å²) in [5, 5.41) is 14.7. The predicted molar refractivity (Wildman–Crippen MR) is 129 cm³/mol. The fraction of sp³-hybridized carbons (Fsp3) is 0.179. The molecule has 4 aromatic carbocycles. The summed E-state index contributed by atoms with van der Waals surface area (Å²) < 4.78 is 0. The monoisotopic (exact) mass is 422 g/mol. The number of amides is 1. The van der Waals surface area contributed by atoms with Gasteiger partial charge in [-0.25, -0.2) is 4.79 Å². The largest absolute Gasteiger partial charge is 0.465 e. The Morgan fingerprint density at radius 1 is 0.969 bits per heavy atom. The first-order valence-corrected chi connectivity index (χ1v) is 11.0. The Morgan fingerprint density at radius 3 is 2.53 bits per heavy atom. The van der Waals surface area contributed by atoms with E-state index in [1.807, 2.05) is 37.3 Å². The zero-order chi connectivity index (χ0) is 22.1. The molecule has 0 aliphatic carbocycles. The third-order valence-corrected chi connectivity index (χ3v) is 6.55. The first-order valence-electron chi connectivity index (χ1n) is 11.0. The van der Waals surface area contributed by atoms with Gasteiger partial charge in [0.05, 0.1) is 5.54 Å². The fourth-order valence-corrected chi connectivity index (χ4v) is 4.92. The smallest absolute Gasteiger partial charge is 0.405 e. The van der Waals surface area contributed by atoms with Crippen LogP contribution in [0.1, 0.15) is 29.2 Å². The van der Waals surface area contributed by atoms with Crippen LogP contribution in [-0.4, -0.2) is 17.7 Å². The van der Waals surface area contributed by atoms with Crippen molar-refractivity contribution in [2.45, 2.75) is 25.4 Å². The summed E-state index contributed by atoms with van der Waals surface area (Å²) in [5.74, 6) is 0. The lowest BCUT2D eigenvalue weighted by atomic mass is 9.81. The van der Waals surface area contributed by atoms with Gasteiger partial charge in [0.1, 0.15) is 0 Å². The van der Waals surface area contributed by atoms with Crippen molar-refractivity contribution in [1.29, 1.82) is 0 Å². The Labute approximate surface area is 188 Å². The first kappa shape index (κ1) is 20.1. The van der Waals surface area contributed by atoms with Gasteiger partial charge in [-0.05, 0) is 52.4 Å². The van der Waals surface area contributed by atoms with E-state index in [2.05, 4.69) is 70.9 Å². The van der Waals surface area contributed by atoms with Crippen molar-refractivity contribution < 1.29 is 9.90 Å². The lowest BCUT2D eigenvalue weighted by molar-refractivity contribution is 0.184.